The molecule has 0 saturated carbocycles. The molecule has 2 aromatic rings. The number of nitrogens with one attached hydrogen (secondary N) is 1. The number of carbonyl (C=O) groups is 1. The molecule has 1 heterocycles. The lowest BCUT2D eigenvalue weighted by Gasteiger charge is -2.15. The molecule has 0 aliphatic rings. The van der Waals surface area contributed by atoms with E-state index in [4.69, 9.17) is 0 Å². The van der Waals surface area contributed by atoms with Crippen LogP contribution in [0.15, 0.2) is 29.1 Å². The van der Waals surface area contributed by atoms with Crippen LogP contribution < -0.4 is 5.32 Å². The van der Waals surface area contributed by atoms with E-state index >= 15 is 0 Å². The molecule has 4 nitrogen and oxygen atoms in total. The van der Waals surface area contributed by atoms with Gasteiger partial charge in [0, 0.05) is 5.38 Å². The fraction of sp³-hybridized carbons (Fsp3) is 0.231. The average molecular weight is 280 g/mol. The number of esters is 1. The molecule has 1 atom stereocenters. The molecular formula is C13H13FN2O2S. The molecule has 0 aliphatic carbocycles. The molecule has 1 N–H and O–H groups in total. The lowest BCUT2D eigenvalue weighted by atomic mass is 10.1. The maximum absolute atomic E-state index is 13.3. The second-order valence-corrected chi connectivity index (χ2v) is 4.68. The lowest BCUT2D eigenvalue weighted by molar-refractivity contribution is 0.0601. The third-order valence-corrected chi connectivity index (χ3v) is 3.26. The van der Waals surface area contributed by atoms with Gasteiger partial charge in [0.15, 0.2) is 0 Å². The van der Waals surface area contributed by atoms with Gasteiger partial charge in [0.2, 0.25) is 0 Å². The fourth-order valence-corrected chi connectivity index (χ4v) is 2.31. The molecule has 0 bridgehead atoms. The Balaban J connectivity index is 2.28. The molecule has 0 spiro atoms. The molecule has 100 valence electrons. The molecule has 1 unspecified atom stereocenters. The molecule has 2 rings (SSSR count). The first-order valence-corrected chi connectivity index (χ1v) is 6.58. The van der Waals surface area contributed by atoms with E-state index < -0.39 is 11.8 Å². The minimum atomic E-state index is -0.507. The Hall–Kier alpha value is -1.95. The van der Waals surface area contributed by atoms with Crippen molar-refractivity contribution in [3.8, 4) is 0 Å². The van der Waals surface area contributed by atoms with Crippen LogP contribution in [0.1, 0.15) is 29.0 Å². The second-order valence-electron chi connectivity index (χ2n) is 3.96. The van der Waals surface area contributed by atoms with Crippen molar-refractivity contribution in [1.82, 2.24) is 4.98 Å². The summed E-state index contributed by atoms with van der Waals surface area (Å²) < 4.78 is 18.0. The summed E-state index contributed by atoms with van der Waals surface area (Å²) in [7, 11) is 1.29. The van der Waals surface area contributed by atoms with Gasteiger partial charge in [-0.15, -0.1) is 11.3 Å². The first-order valence-electron chi connectivity index (χ1n) is 5.64. The molecule has 1 aromatic heterocycles. The van der Waals surface area contributed by atoms with E-state index in [1.165, 1.54) is 36.6 Å². The van der Waals surface area contributed by atoms with Crippen molar-refractivity contribution in [3.63, 3.8) is 0 Å². The highest BCUT2D eigenvalue weighted by Gasteiger charge is 2.15. The number of ether oxygens (including phenoxy) is 1. The summed E-state index contributed by atoms with van der Waals surface area (Å²) in [5, 5.41) is 4.97. The van der Waals surface area contributed by atoms with Crippen molar-refractivity contribution in [2.75, 3.05) is 12.4 Å². The van der Waals surface area contributed by atoms with E-state index in [9.17, 15) is 9.18 Å². The van der Waals surface area contributed by atoms with E-state index in [1.54, 1.807) is 5.51 Å². The monoisotopic (exact) mass is 280 g/mol. The maximum Gasteiger partial charge on any atom is 0.339 e. The Bertz CT molecular complexity index is 572. The van der Waals surface area contributed by atoms with Crippen LogP contribution in [0.4, 0.5) is 10.1 Å². The number of methoxy groups -OCH3 is 1. The number of carbonyl (C=O) groups excluding carboxylic acids is 1. The summed E-state index contributed by atoms with van der Waals surface area (Å²) in [4.78, 5) is 15.8. The van der Waals surface area contributed by atoms with Gasteiger partial charge in [-0.2, -0.15) is 0 Å². The van der Waals surface area contributed by atoms with E-state index in [1.807, 2.05) is 12.3 Å². The number of benzene rings is 1. The molecule has 6 heteroatoms. The van der Waals surface area contributed by atoms with Crippen LogP contribution in [-0.2, 0) is 4.74 Å². The first kappa shape index (κ1) is 13.5. The number of thiazole rings is 1. The van der Waals surface area contributed by atoms with Gasteiger partial charge in [-0.05, 0) is 25.1 Å². The SMILES string of the molecule is COC(=O)c1ccc(F)cc1NC(C)c1cscn1. The van der Waals surface area contributed by atoms with Gasteiger partial charge in [0.1, 0.15) is 5.82 Å². The molecule has 0 fully saturated rings. The lowest BCUT2D eigenvalue weighted by Crippen LogP contribution is -2.12. The quantitative estimate of drug-likeness (QED) is 0.873. The summed E-state index contributed by atoms with van der Waals surface area (Å²) in [6, 6.07) is 3.77. The largest absolute Gasteiger partial charge is 0.465 e. The molecule has 19 heavy (non-hydrogen) atoms. The summed E-state index contributed by atoms with van der Waals surface area (Å²) in [5.41, 5.74) is 3.25. The number of aromatic nitrogens is 1. The average Bonchev–Trinajstić information content (AvgIpc) is 2.92. The summed E-state index contributed by atoms with van der Waals surface area (Å²) in [5.74, 6) is -0.923. The number of hydrogen-bond acceptors (Lipinski definition) is 5. The molecular weight excluding hydrogens is 267 g/mol. The molecule has 1 aromatic carbocycles. The van der Waals surface area contributed by atoms with Crippen molar-refractivity contribution < 1.29 is 13.9 Å². The van der Waals surface area contributed by atoms with Gasteiger partial charge in [0.25, 0.3) is 0 Å². The second kappa shape index (κ2) is 5.79. The van der Waals surface area contributed by atoms with E-state index in [2.05, 4.69) is 15.0 Å². The highest BCUT2D eigenvalue weighted by molar-refractivity contribution is 7.07. The standard InChI is InChI=1S/C13H13FN2O2S/c1-8(12-6-19-7-15-12)16-11-5-9(14)3-4-10(11)13(17)18-2/h3-8,16H,1-2H3. The van der Waals surface area contributed by atoms with Gasteiger partial charge in [-0.25, -0.2) is 14.2 Å². The fourth-order valence-electron chi connectivity index (χ4n) is 1.67. The number of anilines is 1. The van der Waals surface area contributed by atoms with Gasteiger partial charge in [0.05, 0.1) is 35.6 Å². The smallest absolute Gasteiger partial charge is 0.339 e. The van der Waals surface area contributed by atoms with Crippen LogP contribution in [0.5, 0.6) is 0 Å². The molecule has 0 amide bonds. The van der Waals surface area contributed by atoms with E-state index in [0.29, 0.717) is 11.3 Å². The van der Waals surface area contributed by atoms with Crippen molar-refractivity contribution in [2.45, 2.75) is 13.0 Å². The van der Waals surface area contributed by atoms with Crippen LogP contribution in [0.3, 0.4) is 0 Å². The van der Waals surface area contributed by atoms with Crippen molar-refractivity contribution in [2.24, 2.45) is 0 Å². The van der Waals surface area contributed by atoms with Crippen molar-refractivity contribution in [3.05, 3.63) is 46.2 Å². The minimum Gasteiger partial charge on any atom is -0.465 e. The summed E-state index contributed by atoms with van der Waals surface area (Å²) in [6.07, 6.45) is 0. The summed E-state index contributed by atoms with van der Waals surface area (Å²) in [6.45, 7) is 1.89. The number of nitrogens with zero attached hydrogens (tertiary/aromatic N) is 1. The van der Waals surface area contributed by atoms with Crippen molar-refractivity contribution >= 4 is 23.0 Å². The van der Waals surface area contributed by atoms with Gasteiger partial charge in [-0.3, -0.25) is 0 Å². The van der Waals surface area contributed by atoms with Gasteiger partial charge in [-0.1, -0.05) is 0 Å². The Kier molecular flexibility index (Phi) is 4.11. The minimum absolute atomic E-state index is 0.128. The number of rotatable bonds is 4. The predicted molar refractivity (Wildman–Crippen MR) is 71.9 cm³/mol. The zero-order valence-corrected chi connectivity index (χ0v) is 11.3. The Morgan fingerprint density at radius 3 is 2.95 bits per heavy atom. The third-order valence-electron chi connectivity index (χ3n) is 2.65. The number of hydrogen-bond donors (Lipinski definition) is 1. The maximum atomic E-state index is 13.3. The van der Waals surface area contributed by atoms with E-state index in [-0.39, 0.29) is 6.04 Å². The highest BCUT2D eigenvalue weighted by Crippen LogP contribution is 2.24. The topological polar surface area (TPSA) is 51.2 Å². The van der Waals surface area contributed by atoms with Crippen molar-refractivity contribution in [1.29, 1.82) is 0 Å². The zero-order chi connectivity index (χ0) is 13.8. The van der Waals surface area contributed by atoms with Crippen LogP contribution in [-0.4, -0.2) is 18.1 Å². The molecule has 0 saturated heterocycles. The predicted octanol–water partition coefficient (Wildman–Crippen LogP) is 3.24. The van der Waals surface area contributed by atoms with Gasteiger partial charge >= 0.3 is 5.97 Å². The normalized spacial score (nSPS) is 11.9. The summed E-state index contributed by atoms with van der Waals surface area (Å²) >= 11 is 1.48. The van der Waals surface area contributed by atoms with Crippen LogP contribution in [0, 0.1) is 5.82 Å². The van der Waals surface area contributed by atoms with E-state index in [0.717, 1.165) is 5.69 Å². The Morgan fingerprint density at radius 2 is 2.32 bits per heavy atom. The van der Waals surface area contributed by atoms with Gasteiger partial charge < -0.3 is 10.1 Å². The zero-order valence-electron chi connectivity index (χ0n) is 10.5. The van der Waals surface area contributed by atoms with Crippen LogP contribution >= 0.6 is 11.3 Å². The number of halogens is 1. The Morgan fingerprint density at radius 1 is 1.53 bits per heavy atom. The highest BCUT2D eigenvalue weighted by atomic mass is 32.1. The molecule has 0 radical (unpaired) electrons. The van der Waals surface area contributed by atoms with Crippen LogP contribution in [0.25, 0.3) is 0 Å². The molecule has 0 aliphatic heterocycles. The first-order chi connectivity index (χ1) is 9.11. The Labute approximate surface area is 114 Å². The van der Waals surface area contributed by atoms with Crippen LogP contribution in [0.2, 0.25) is 0 Å². The third kappa shape index (κ3) is 3.08.